The smallest absolute Gasteiger partial charge is 0.162 e. The van der Waals surface area contributed by atoms with Gasteiger partial charge in [0.05, 0.1) is 28.0 Å². The van der Waals surface area contributed by atoms with E-state index in [2.05, 4.69) is 32.5 Å². The Morgan fingerprint density at radius 3 is 2.92 bits per heavy atom. The molecule has 8 heteroatoms. The Morgan fingerprint density at radius 2 is 2.25 bits per heavy atom. The summed E-state index contributed by atoms with van der Waals surface area (Å²) in [5.74, 6) is 0.740. The number of anilines is 1. The number of dihydropyridines is 1. The van der Waals surface area contributed by atoms with Gasteiger partial charge >= 0.3 is 0 Å². The van der Waals surface area contributed by atoms with E-state index in [-0.39, 0.29) is 0 Å². The number of hydrogen-bond donors (Lipinski definition) is 2. The van der Waals surface area contributed by atoms with E-state index in [1.165, 1.54) is 17.7 Å². The van der Waals surface area contributed by atoms with Crippen molar-refractivity contribution >= 4 is 45.7 Å². The Balaban J connectivity index is 1.94. The Labute approximate surface area is 143 Å². The molecule has 0 radical (unpaired) electrons. The maximum absolute atomic E-state index is 11.4. The summed E-state index contributed by atoms with van der Waals surface area (Å²) in [5.41, 5.74) is 1.48. The van der Waals surface area contributed by atoms with Crippen molar-refractivity contribution in [2.45, 2.75) is 13.0 Å². The van der Waals surface area contributed by atoms with E-state index < -0.39 is 0 Å². The summed E-state index contributed by atoms with van der Waals surface area (Å²) >= 11 is 1.31. The predicted molar refractivity (Wildman–Crippen MR) is 98.2 cm³/mol. The molecule has 0 aliphatic carbocycles. The van der Waals surface area contributed by atoms with Crippen LogP contribution in [0.2, 0.25) is 0 Å². The van der Waals surface area contributed by atoms with E-state index in [9.17, 15) is 4.79 Å². The van der Waals surface area contributed by atoms with Gasteiger partial charge in [-0.1, -0.05) is 6.08 Å². The van der Waals surface area contributed by atoms with E-state index in [1.54, 1.807) is 6.34 Å². The molecule has 2 aromatic rings. The van der Waals surface area contributed by atoms with Crippen LogP contribution in [0.25, 0.3) is 10.2 Å². The first-order valence-electron chi connectivity index (χ1n) is 7.43. The van der Waals surface area contributed by atoms with E-state index >= 15 is 0 Å². The van der Waals surface area contributed by atoms with Crippen LogP contribution >= 0.6 is 11.3 Å². The average molecular weight is 342 g/mol. The molecule has 24 heavy (non-hydrogen) atoms. The van der Waals surface area contributed by atoms with Crippen molar-refractivity contribution in [3.05, 3.63) is 35.3 Å². The van der Waals surface area contributed by atoms with Crippen LogP contribution in [0, 0.1) is 0 Å². The molecule has 1 atom stereocenters. The SMILES string of the molecule is CC1C=CC(NC=Nc2c(C=O)sc3ncnc(N(C)C)c23)=CN1. The lowest BCUT2D eigenvalue weighted by atomic mass is 10.2. The zero-order chi connectivity index (χ0) is 17.1. The monoisotopic (exact) mass is 342 g/mol. The minimum atomic E-state index is 0.315. The third-order valence-corrected chi connectivity index (χ3v) is 4.50. The molecule has 1 aliphatic rings. The number of hydrogen-bond acceptors (Lipinski definition) is 7. The molecule has 0 aromatic carbocycles. The van der Waals surface area contributed by atoms with Gasteiger partial charge in [0.1, 0.15) is 17.0 Å². The minimum absolute atomic E-state index is 0.315. The highest BCUT2D eigenvalue weighted by Crippen LogP contribution is 2.39. The summed E-state index contributed by atoms with van der Waals surface area (Å²) < 4.78 is 0. The molecule has 3 rings (SSSR count). The number of aliphatic imine (C=N–C) groups is 1. The molecule has 1 unspecified atom stereocenters. The van der Waals surface area contributed by atoms with Crippen molar-refractivity contribution in [2.24, 2.45) is 4.99 Å². The molecule has 7 nitrogen and oxygen atoms in total. The van der Waals surface area contributed by atoms with Crippen LogP contribution in [-0.2, 0) is 0 Å². The number of thiophene rings is 1. The number of rotatable bonds is 5. The van der Waals surface area contributed by atoms with Crippen LogP contribution in [0.15, 0.2) is 35.4 Å². The Hall–Kier alpha value is -2.74. The first-order chi connectivity index (χ1) is 11.6. The lowest BCUT2D eigenvalue weighted by molar-refractivity contribution is 0.112. The van der Waals surface area contributed by atoms with Crippen LogP contribution in [0.1, 0.15) is 16.6 Å². The molecule has 2 N–H and O–H groups in total. The quantitative estimate of drug-likeness (QED) is 0.492. The largest absolute Gasteiger partial charge is 0.383 e. The normalized spacial score (nSPS) is 17.0. The highest BCUT2D eigenvalue weighted by molar-refractivity contribution is 7.21. The number of nitrogens with one attached hydrogen (secondary N) is 2. The van der Waals surface area contributed by atoms with Crippen molar-refractivity contribution in [1.29, 1.82) is 0 Å². The number of nitrogens with zero attached hydrogens (tertiary/aromatic N) is 4. The van der Waals surface area contributed by atoms with Gasteiger partial charge in [0.2, 0.25) is 0 Å². The molecule has 0 saturated carbocycles. The van der Waals surface area contributed by atoms with E-state index in [0.717, 1.165) is 28.0 Å². The van der Waals surface area contributed by atoms with Gasteiger partial charge in [0.15, 0.2) is 6.29 Å². The van der Waals surface area contributed by atoms with Gasteiger partial charge in [-0.15, -0.1) is 11.3 Å². The second-order valence-corrected chi connectivity index (χ2v) is 6.55. The number of allylic oxidation sites excluding steroid dienone is 1. The molecular weight excluding hydrogens is 324 g/mol. The molecule has 0 bridgehead atoms. The zero-order valence-electron chi connectivity index (χ0n) is 13.6. The minimum Gasteiger partial charge on any atom is -0.383 e. The summed E-state index contributed by atoms with van der Waals surface area (Å²) in [4.78, 5) is 27.6. The maximum atomic E-state index is 11.4. The van der Waals surface area contributed by atoms with Gasteiger partial charge in [-0.05, 0) is 13.0 Å². The Kier molecular flexibility index (Phi) is 4.57. The number of aromatic nitrogens is 2. The highest BCUT2D eigenvalue weighted by Gasteiger charge is 2.17. The topological polar surface area (TPSA) is 82.5 Å². The molecule has 0 fully saturated rings. The van der Waals surface area contributed by atoms with Gasteiger partial charge in [-0.2, -0.15) is 0 Å². The van der Waals surface area contributed by atoms with Crippen LogP contribution in [-0.4, -0.2) is 42.7 Å². The Bertz CT molecular complexity index is 852. The summed E-state index contributed by atoms with van der Waals surface area (Å²) in [5, 5.41) is 7.08. The second-order valence-electron chi connectivity index (χ2n) is 5.52. The highest BCUT2D eigenvalue weighted by atomic mass is 32.1. The number of fused-ring (bicyclic) bond motifs is 1. The van der Waals surface area contributed by atoms with Crippen molar-refractivity contribution in [3.8, 4) is 0 Å². The summed E-state index contributed by atoms with van der Waals surface area (Å²) in [7, 11) is 3.80. The van der Waals surface area contributed by atoms with Crippen molar-refractivity contribution in [3.63, 3.8) is 0 Å². The van der Waals surface area contributed by atoms with Gasteiger partial charge in [0.25, 0.3) is 0 Å². The van der Waals surface area contributed by atoms with Crippen molar-refractivity contribution in [1.82, 2.24) is 20.6 Å². The van der Waals surface area contributed by atoms with Crippen molar-refractivity contribution in [2.75, 3.05) is 19.0 Å². The van der Waals surface area contributed by atoms with Gasteiger partial charge in [0, 0.05) is 26.3 Å². The predicted octanol–water partition coefficient (Wildman–Crippen LogP) is 2.21. The van der Waals surface area contributed by atoms with E-state index in [0.29, 0.717) is 16.6 Å². The van der Waals surface area contributed by atoms with Gasteiger partial charge < -0.3 is 15.5 Å². The molecule has 0 spiro atoms. The number of carbonyl (C=O) groups is 1. The summed E-state index contributed by atoms with van der Waals surface area (Å²) in [6, 6.07) is 0.315. The third kappa shape index (κ3) is 3.13. The lowest BCUT2D eigenvalue weighted by Gasteiger charge is -2.14. The molecule has 124 valence electrons. The number of carbonyl (C=O) groups excluding carboxylic acids is 1. The van der Waals surface area contributed by atoms with Crippen LogP contribution < -0.4 is 15.5 Å². The lowest BCUT2D eigenvalue weighted by Crippen LogP contribution is -2.24. The fraction of sp³-hybridized carbons (Fsp3) is 0.250. The summed E-state index contributed by atoms with van der Waals surface area (Å²) in [6.45, 7) is 2.06. The van der Waals surface area contributed by atoms with E-state index in [4.69, 9.17) is 0 Å². The first-order valence-corrected chi connectivity index (χ1v) is 8.25. The molecule has 1 aliphatic heterocycles. The molecule has 2 aromatic heterocycles. The Morgan fingerprint density at radius 1 is 1.42 bits per heavy atom. The first kappa shape index (κ1) is 16.1. The molecular formula is C16H18N6OS. The van der Waals surface area contributed by atoms with E-state index in [1.807, 2.05) is 37.3 Å². The van der Waals surface area contributed by atoms with Gasteiger partial charge in [-0.25, -0.2) is 15.0 Å². The molecule has 3 heterocycles. The van der Waals surface area contributed by atoms with Gasteiger partial charge in [-0.3, -0.25) is 4.79 Å². The van der Waals surface area contributed by atoms with Crippen molar-refractivity contribution < 1.29 is 4.79 Å². The average Bonchev–Trinajstić information content (AvgIpc) is 2.94. The molecule has 0 saturated heterocycles. The van der Waals surface area contributed by atoms with Crippen LogP contribution in [0.5, 0.6) is 0 Å². The fourth-order valence-corrected chi connectivity index (χ4v) is 3.20. The third-order valence-electron chi connectivity index (χ3n) is 3.49. The summed E-state index contributed by atoms with van der Waals surface area (Å²) in [6.07, 6.45) is 9.80. The molecule has 0 amide bonds. The standard InChI is InChI=1S/C16H18N6OS/c1-10-4-5-11(6-17-10)18-8-19-14-12(7-23)24-16-13(14)15(22(2)3)20-9-21-16/h4-10,17H,1-3H3,(H,18,19). The fourth-order valence-electron chi connectivity index (χ4n) is 2.30. The second kappa shape index (κ2) is 6.79. The van der Waals surface area contributed by atoms with Crippen LogP contribution in [0.4, 0.5) is 11.5 Å². The zero-order valence-corrected chi connectivity index (χ0v) is 14.5. The maximum Gasteiger partial charge on any atom is 0.162 e. The number of aldehydes is 1. The van der Waals surface area contributed by atoms with Crippen LogP contribution in [0.3, 0.4) is 0 Å².